The van der Waals surface area contributed by atoms with Crippen LogP contribution in [-0.2, 0) is 0 Å². The van der Waals surface area contributed by atoms with E-state index in [0.29, 0.717) is 4.99 Å². The predicted octanol–water partition coefficient (Wildman–Crippen LogP) is 3.81. The summed E-state index contributed by atoms with van der Waals surface area (Å²) in [6.45, 7) is 4.15. The lowest BCUT2D eigenvalue weighted by molar-refractivity contribution is 0.414. The maximum atomic E-state index is 5.79. The third-order valence-electron chi connectivity index (χ3n) is 3.43. The Morgan fingerprint density at radius 3 is 2.43 bits per heavy atom. The molecular formula is C17H20N2OS. The summed E-state index contributed by atoms with van der Waals surface area (Å²) in [4.78, 5) is 0.402. The molecule has 2 rings (SSSR count). The van der Waals surface area contributed by atoms with E-state index in [1.807, 2.05) is 43.3 Å². The van der Waals surface area contributed by atoms with Gasteiger partial charge in [-0.1, -0.05) is 30.4 Å². The van der Waals surface area contributed by atoms with E-state index in [9.17, 15) is 0 Å². The van der Waals surface area contributed by atoms with Gasteiger partial charge in [0.25, 0.3) is 0 Å². The van der Waals surface area contributed by atoms with Crippen molar-refractivity contribution in [1.29, 1.82) is 0 Å². The number of rotatable bonds is 5. The summed E-state index contributed by atoms with van der Waals surface area (Å²) in [5.74, 6) is 0.852. The standard InChI is InChI=1S/C17H20N2OS/c1-11-4-9-15(17(18)21)16(10-11)19-12(2)13-5-7-14(20-3)8-6-13/h4-10,12,19H,1-3H3,(H2,18,21). The first kappa shape index (κ1) is 15.3. The van der Waals surface area contributed by atoms with Crippen molar-refractivity contribution in [2.45, 2.75) is 19.9 Å². The van der Waals surface area contributed by atoms with E-state index in [4.69, 9.17) is 22.7 Å². The normalized spacial score (nSPS) is 11.8. The molecule has 1 atom stereocenters. The molecule has 0 radical (unpaired) electrons. The molecule has 0 amide bonds. The molecule has 0 spiro atoms. The Labute approximate surface area is 131 Å². The van der Waals surface area contributed by atoms with E-state index in [1.54, 1.807) is 7.11 Å². The van der Waals surface area contributed by atoms with Crippen LogP contribution in [-0.4, -0.2) is 12.1 Å². The zero-order chi connectivity index (χ0) is 15.4. The molecule has 4 heteroatoms. The van der Waals surface area contributed by atoms with Gasteiger partial charge in [0.1, 0.15) is 10.7 Å². The topological polar surface area (TPSA) is 47.3 Å². The molecule has 3 nitrogen and oxygen atoms in total. The molecule has 21 heavy (non-hydrogen) atoms. The second-order valence-electron chi connectivity index (χ2n) is 5.05. The summed E-state index contributed by atoms with van der Waals surface area (Å²) in [5.41, 5.74) is 9.97. The summed E-state index contributed by atoms with van der Waals surface area (Å²) >= 11 is 5.12. The highest BCUT2D eigenvalue weighted by atomic mass is 32.1. The van der Waals surface area contributed by atoms with Crippen molar-refractivity contribution in [3.05, 3.63) is 59.2 Å². The van der Waals surface area contributed by atoms with Crippen LogP contribution in [0.3, 0.4) is 0 Å². The molecule has 0 heterocycles. The highest BCUT2D eigenvalue weighted by Crippen LogP contribution is 2.25. The molecule has 110 valence electrons. The van der Waals surface area contributed by atoms with Crippen LogP contribution in [0.15, 0.2) is 42.5 Å². The first-order chi connectivity index (χ1) is 10.0. The summed E-state index contributed by atoms with van der Waals surface area (Å²) in [5, 5.41) is 3.48. The smallest absolute Gasteiger partial charge is 0.118 e. The number of methoxy groups -OCH3 is 1. The minimum atomic E-state index is 0.144. The number of anilines is 1. The molecule has 0 aromatic heterocycles. The molecule has 0 saturated heterocycles. The minimum Gasteiger partial charge on any atom is -0.497 e. The van der Waals surface area contributed by atoms with Crippen molar-refractivity contribution in [2.24, 2.45) is 5.73 Å². The number of thiocarbonyl (C=S) groups is 1. The van der Waals surface area contributed by atoms with Gasteiger partial charge in [0.2, 0.25) is 0 Å². The zero-order valence-corrected chi connectivity index (χ0v) is 13.3. The third-order valence-corrected chi connectivity index (χ3v) is 3.65. The number of nitrogens with two attached hydrogens (primary N) is 1. The van der Waals surface area contributed by atoms with Gasteiger partial charge in [-0.05, 0) is 49.2 Å². The van der Waals surface area contributed by atoms with E-state index in [-0.39, 0.29) is 6.04 Å². The molecule has 0 aliphatic rings. The molecule has 0 saturated carbocycles. The fourth-order valence-corrected chi connectivity index (χ4v) is 2.38. The van der Waals surface area contributed by atoms with Gasteiger partial charge < -0.3 is 15.8 Å². The van der Waals surface area contributed by atoms with Gasteiger partial charge in [0.15, 0.2) is 0 Å². The lowest BCUT2D eigenvalue weighted by Crippen LogP contribution is -2.15. The second kappa shape index (κ2) is 6.59. The fourth-order valence-electron chi connectivity index (χ4n) is 2.20. The lowest BCUT2D eigenvalue weighted by atomic mass is 10.1. The molecule has 0 fully saturated rings. The molecule has 2 aromatic rings. The van der Waals surface area contributed by atoms with Crippen LogP contribution >= 0.6 is 12.2 Å². The van der Waals surface area contributed by atoms with Gasteiger partial charge in [-0.25, -0.2) is 0 Å². The summed E-state index contributed by atoms with van der Waals surface area (Å²) < 4.78 is 5.18. The zero-order valence-electron chi connectivity index (χ0n) is 12.5. The molecule has 0 aliphatic heterocycles. The predicted molar refractivity (Wildman–Crippen MR) is 92.1 cm³/mol. The Bertz CT molecular complexity index is 638. The van der Waals surface area contributed by atoms with Crippen molar-refractivity contribution in [1.82, 2.24) is 0 Å². The van der Waals surface area contributed by atoms with E-state index < -0.39 is 0 Å². The van der Waals surface area contributed by atoms with E-state index >= 15 is 0 Å². The minimum absolute atomic E-state index is 0.144. The Kier molecular flexibility index (Phi) is 4.81. The average Bonchev–Trinajstić information content (AvgIpc) is 2.47. The van der Waals surface area contributed by atoms with Gasteiger partial charge >= 0.3 is 0 Å². The maximum absolute atomic E-state index is 5.79. The molecule has 1 unspecified atom stereocenters. The SMILES string of the molecule is COc1ccc(C(C)Nc2cc(C)ccc2C(N)=S)cc1. The highest BCUT2D eigenvalue weighted by Gasteiger charge is 2.10. The van der Waals surface area contributed by atoms with Gasteiger partial charge in [-0.3, -0.25) is 0 Å². The molecular weight excluding hydrogens is 280 g/mol. The first-order valence-corrected chi connectivity index (χ1v) is 7.23. The Morgan fingerprint density at radius 2 is 1.86 bits per heavy atom. The Balaban J connectivity index is 2.24. The number of benzene rings is 2. The monoisotopic (exact) mass is 300 g/mol. The number of aryl methyl sites for hydroxylation is 1. The van der Waals surface area contributed by atoms with Crippen molar-refractivity contribution in [3.63, 3.8) is 0 Å². The molecule has 0 aliphatic carbocycles. The van der Waals surface area contributed by atoms with E-state index in [1.165, 1.54) is 11.1 Å². The van der Waals surface area contributed by atoms with Crippen LogP contribution in [0.2, 0.25) is 0 Å². The number of hydrogen-bond donors (Lipinski definition) is 2. The van der Waals surface area contributed by atoms with Gasteiger partial charge in [0, 0.05) is 17.3 Å². The average molecular weight is 300 g/mol. The molecule has 3 N–H and O–H groups in total. The lowest BCUT2D eigenvalue weighted by Gasteiger charge is -2.19. The van der Waals surface area contributed by atoms with E-state index in [2.05, 4.69) is 18.3 Å². The first-order valence-electron chi connectivity index (χ1n) is 6.82. The molecule has 0 bridgehead atoms. The number of hydrogen-bond acceptors (Lipinski definition) is 3. The van der Waals surface area contributed by atoms with Crippen molar-refractivity contribution in [2.75, 3.05) is 12.4 Å². The quantitative estimate of drug-likeness (QED) is 0.824. The van der Waals surface area contributed by atoms with E-state index in [0.717, 1.165) is 17.0 Å². The van der Waals surface area contributed by atoms with Gasteiger partial charge in [-0.15, -0.1) is 0 Å². The van der Waals surface area contributed by atoms with Crippen LogP contribution in [0, 0.1) is 6.92 Å². The van der Waals surface area contributed by atoms with Crippen molar-refractivity contribution in [3.8, 4) is 5.75 Å². The highest BCUT2D eigenvalue weighted by molar-refractivity contribution is 7.80. The number of nitrogens with one attached hydrogen (secondary N) is 1. The summed E-state index contributed by atoms with van der Waals surface area (Å²) in [6.07, 6.45) is 0. The van der Waals surface area contributed by atoms with Gasteiger partial charge in [-0.2, -0.15) is 0 Å². The Morgan fingerprint density at radius 1 is 1.19 bits per heavy atom. The number of ether oxygens (including phenoxy) is 1. The summed E-state index contributed by atoms with van der Waals surface area (Å²) in [7, 11) is 1.66. The van der Waals surface area contributed by atoms with Crippen LogP contribution in [0.1, 0.15) is 29.7 Å². The third kappa shape index (κ3) is 3.73. The van der Waals surface area contributed by atoms with Crippen LogP contribution in [0.5, 0.6) is 5.75 Å². The van der Waals surface area contributed by atoms with Gasteiger partial charge in [0.05, 0.1) is 7.11 Å². The van der Waals surface area contributed by atoms with Crippen LogP contribution < -0.4 is 15.8 Å². The summed E-state index contributed by atoms with van der Waals surface area (Å²) in [6, 6.07) is 14.2. The largest absolute Gasteiger partial charge is 0.497 e. The Hall–Kier alpha value is -2.07. The van der Waals surface area contributed by atoms with Crippen LogP contribution in [0.25, 0.3) is 0 Å². The van der Waals surface area contributed by atoms with Crippen molar-refractivity contribution < 1.29 is 4.74 Å². The fraction of sp³-hybridized carbons (Fsp3) is 0.235. The second-order valence-corrected chi connectivity index (χ2v) is 5.49. The van der Waals surface area contributed by atoms with Crippen molar-refractivity contribution >= 4 is 22.9 Å². The van der Waals surface area contributed by atoms with Crippen LogP contribution in [0.4, 0.5) is 5.69 Å². The maximum Gasteiger partial charge on any atom is 0.118 e. The molecule has 2 aromatic carbocycles.